The highest BCUT2D eigenvalue weighted by Crippen LogP contribution is 2.19. The fraction of sp³-hybridized carbons (Fsp3) is 0.455. The van der Waals surface area contributed by atoms with Crippen molar-refractivity contribution in [3.63, 3.8) is 0 Å². The molecule has 0 radical (unpaired) electrons. The molecule has 70 valence electrons. The second kappa shape index (κ2) is 4.07. The van der Waals surface area contributed by atoms with Gasteiger partial charge in [0, 0.05) is 17.5 Å². The lowest BCUT2D eigenvalue weighted by atomic mass is 10.3. The van der Waals surface area contributed by atoms with Crippen LogP contribution in [0.3, 0.4) is 0 Å². The lowest BCUT2D eigenvalue weighted by molar-refractivity contribution is 0.754. The summed E-state index contributed by atoms with van der Waals surface area (Å²) in [7, 11) is 0. The van der Waals surface area contributed by atoms with E-state index in [0.29, 0.717) is 0 Å². The molecule has 2 heteroatoms. The number of aryl methyl sites for hydroxylation is 1. The van der Waals surface area contributed by atoms with Gasteiger partial charge in [0.1, 0.15) is 0 Å². The first-order chi connectivity index (χ1) is 6.36. The predicted molar refractivity (Wildman–Crippen MR) is 59.1 cm³/mol. The summed E-state index contributed by atoms with van der Waals surface area (Å²) in [5.41, 5.74) is 1.38. The van der Waals surface area contributed by atoms with E-state index < -0.39 is 0 Å². The molecule has 1 nitrogen and oxygen atoms in total. The van der Waals surface area contributed by atoms with Crippen molar-refractivity contribution >= 4 is 17.4 Å². The van der Waals surface area contributed by atoms with Gasteiger partial charge in [0.15, 0.2) is 0 Å². The number of hydrogen-bond donors (Lipinski definition) is 1. The average molecular weight is 193 g/mol. The van der Waals surface area contributed by atoms with E-state index in [1.165, 1.54) is 23.3 Å². The zero-order valence-corrected chi connectivity index (χ0v) is 8.73. The number of hydrogen-bond acceptors (Lipinski definition) is 2. The van der Waals surface area contributed by atoms with Crippen LogP contribution in [0, 0.1) is 6.92 Å². The molecule has 1 aromatic rings. The van der Waals surface area contributed by atoms with Gasteiger partial charge in [-0.05, 0) is 42.9 Å². The first kappa shape index (κ1) is 8.97. The summed E-state index contributed by atoms with van der Waals surface area (Å²) in [5, 5.41) is 5.60. The van der Waals surface area contributed by atoms with Crippen molar-refractivity contribution in [2.75, 3.05) is 6.54 Å². The van der Waals surface area contributed by atoms with E-state index >= 15 is 0 Å². The molecule has 0 atom stereocenters. The number of thiophene rings is 1. The number of rotatable bonds is 4. The van der Waals surface area contributed by atoms with E-state index in [0.717, 1.165) is 12.6 Å². The average Bonchev–Trinajstić information content (AvgIpc) is 2.86. The second-order valence-electron chi connectivity index (χ2n) is 3.55. The van der Waals surface area contributed by atoms with Crippen LogP contribution < -0.4 is 5.32 Å². The van der Waals surface area contributed by atoms with Crippen LogP contribution in [0.2, 0.25) is 0 Å². The van der Waals surface area contributed by atoms with Gasteiger partial charge in [-0.3, -0.25) is 0 Å². The molecule has 0 unspecified atom stereocenters. The summed E-state index contributed by atoms with van der Waals surface area (Å²) < 4.78 is 0. The van der Waals surface area contributed by atoms with E-state index in [4.69, 9.17) is 0 Å². The Kier molecular flexibility index (Phi) is 2.81. The quantitative estimate of drug-likeness (QED) is 0.775. The zero-order valence-electron chi connectivity index (χ0n) is 7.92. The standard InChI is InChI=1S/C11H15NS/c1-9-6-8-13-11(9)3-2-7-12-10-4-5-10/h2-3,6,8,10,12H,4-5,7H2,1H3. The molecule has 1 aliphatic carbocycles. The summed E-state index contributed by atoms with van der Waals surface area (Å²) >= 11 is 1.81. The van der Waals surface area contributed by atoms with E-state index in [-0.39, 0.29) is 0 Å². The monoisotopic (exact) mass is 193 g/mol. The van der Waals surface area contributed by atoms with E-state index in [1.54, 1.807) is 0 Å². The third-order valence-corrected chi connectivity index (χ3v) is 3.26. The Bertz CT molecular complexity index is 297. The molecule has 1 fully saturated rings. The van der Waals surface area contributed by atoms with Crippen molar-refractivity contribution in [1.82, 2.24) is 5.32 Å². The van der Waals surface area contributed by atoms with Crippen LogP contribution in [0.15, 0.2) is 17.5 Å². The Morgan fingerprint density at radius 1 is 1.62 bits per heavy atom. The van der Waals surface area contributed by atoms with E-state index in [9.17, 15) is 0 Å². The van der Waals surface area contributed by atoms with Gasteiger partial charge in [0.2, 0.25) is 0 Å². The normalized spacial score (nSPS) is 17.0. The molecule has 13 heavy (non-hydrogen) atoms. The lowest BCUT2D eigenvalue weighted by Crippen LogP contribution is -2.15. The first-order valence-electron chi connectivity index (χ1n) is 4.80. The maximum atomic E-state index is 3.46. The van der Waals surface area contributed by atoms with Crippen molar-refractivity contribution in [3.05, 3.63) is 28.0 Å². The summed E-state index contributed by atoms with van der Waals surface area (Å²) in [5.74, 6) is 0. The second-order valence-corrected chi connectivity index (χ2v) is 4.50. The van der Waals surface area contributed by atoms with Gasteiger partial charge >= 0.3 is 0 Å². The highest BCUT2D eigenvalue weighted by atomic mass is 32.1. The Morgan fingerprint density at radius 3 is 3.08 bits per heavy atom. The smallest absolute Gasteiger partial charge is 0.0296 e. The number of nitrogens with one attached hydrogen (secondary N) is 1. The van der Waals surface area contributed by atoms with Gasteiger partial charge in [-0.1, -0.05) is 6.08 Å². The molecule has 0 bridgehead atoms. The van der Waals surface area contributed by atoms with Crippen molar-refractivity contribution in [2.45, 2.75) is 25.8 Å². The predicted octanol–water partition coefficient (Wildman–Crippen LogP) is 2.82. The van der Waals surface area contributed by atoms with Crippen LogP contribution in [-0.2, 0) is 0 Å². The fourth-order valence-corrected chi connectivity index (χ4v) is 2.09. The topological polar surface area (TPSA) is 12.0 Å². The summed E-state index contributed by atoms with van der Waals surface area (Å²) in [6, 6.07) is 2.98. The third-order valence-electron chi connectivity index (χ3n) is 2.27. The molecular weight excluding hydrogens is 178 g/mol. The minimum atomic E-state index is 0.814. The molecule has 0 amide bonds. The molecular formula is C11H15NS. The van der Waals surface area contributed by atoms with Crippen LogP contribution >= 0.6 is 11.3 Å². The van der Waals surface area contributed by atoms with Gasteiger partial charge in [-0.25, -0.2) is 0 Å². The first-order valence-corrected chi connectivity index (χ1v) is 5.68. The van der Waals surface area contributed by atoms with E-state index in [1.807, 2.05) is 11.3 Å². The summed E-state index contributed by atoms with van der Waals surface area (Å²) in [6.07, 6.45) is 7.17. The van der Waals surface area contributed by atoms with Crippen molar-refractivity contribution < 1.29 is 0 Å². The largest absolute Gasteiger partial charge is 0.311 e. The molecule has 1 N–H and O–H groups in total. The van der Waals surface area contributed by atoms with Gasteiger partial charge in [-0.15, -0.1) is 11.3 Å². The maximum absolute atomic E-state index is 3.46. The lowest BCUT2D eigenvalue weighted by Gasteiger charge is -1.94. The molecule has 0 spiro atoms. The van der Waals surface area contributed by atoms with Crippen molar-refractivity contribution in [1.29, 1.82) is 0 Å². The highest BCUT2D eigenvalue weighted by molar-refractivity contribution is 7.11. The molecule has 1 aromatic heterocycles. The minimum absolute atomic E-state index is 0.814. The van der Waals surface area contributed by atoms with Crippen LogP contribution in [0.1, 0.15) is 23.3 Å². The van der Waals surface area contributed by atoms with Crippen LogP contribution in [-0.4, -0.2) is 12.6 Å². The molecule has 1 aliphatic rings. The molecule has 0 saturated heterocycles. The molecule has 0 aromatic carbocycles. The van der Waals surface area contributed by atoms with Gasteiger partial charge in [0.25, 0.3) is 0 Å². The zero-order chi connectivity index (χ0) is 9.10. The third kappa shape index (κ3) is 2.68. The van der Waals surface area contributed by atoms with Crippen molar-refractivity contribution in [2.24, 2.45) is 0 Å². The summed E-state index contributed by atoms with van der Waals surface area (Å²) in [4.78, 5) is 1.39. The highest BCUT2D eigenvalue weighted by Gasteiger charge is 2.18. The van der Waals surface area contributed by atoms with Crippen LogP contribution in [0.4, 0.5) is 0 Å². The molecule has 1 saturated carbocycles. The molecule has 1 heterocycles. The molecule has 0 aliphatic heterocycles. The summed E-state index contributed by atoms with van der Waals surface area (Å²) in [6.45, 7) is 3.17. The van der Waals surface area contributed by atoms with Crippen LogP contribution in [0.5, 0.6) is 0 Å². The van der Waals surface area contributed by atoms with Crippen molar-refractivity contribution in [3.8, 4) is 0 Å². The Balaban J connectivity index is 1.79. The molecule has 2 rings (SSSR count). The van der Waals surface area contributed by atoms with E-state index in [2.05, 4.69) is 35.8 Å². The fourth-order valence-electron chi connectivity index (χ4n) is 1.24. The minimum Gasteiger partial charge on any atom is -0.311 e. The van der Waals surface area contributed by atoms with Crippen LogP contribution in [0.25, 0.3) is 6.08 Å². The Labute approximate surface area is 83.5 Å². The van der Waals surface area contributed by atoms with Gasteiger partial charge in [-0.2, -0.15) is 0 Å². The SMILES string of the molecule is Cc1ccsc1C=CCNC1CC1. The Morgan fingerprint density at radius 2 is 2.46 bits per heavy atom. The Hall–Kier alpha value is -0.600. The van der Waals surface area contributed by atoms with Gasteiger partial charge in [0.05, 0.1) is 0 Å². The maximum Gasteiger partial charge on any atom is 0.0296 e. The van der Waals surface area contributed by atoms with Gasteiger partial charge < -0.3 is 5.32 Å².